The van der Waals surface area contributed by atoms with Crippen LogP contribution in [0, 0.1) is 6.92 Å². The van der Waals surface area contributed by atoms with E-state index in [9.17, 15) is 4.79 Å². The van der Waals surface area contributed by atoms with Gasteiger partial charge in [-0.25, -0.2) is 0 Å². The molecule has 1 aromatic heterocycles. The van der Waals surface area contributed by atoms with E-state index in [2.05, 4.69) is 63.1 Å². The zero-order valence-electron chi connectivity index (χ0n) is 19.1. The van der Waals surface area contributed by atoms with Crippen molar-refractivity contribution in [2.24, 2.45) is 0 Å². The maximum absolute atomic E-state index is 12.6. The van der Waals surface area contributed by atoms with E-state index < -0.39 is 0 Å². The predicted molar refractivity (Wildman–Crippen MR) is 134 cm³/mol. The van der Waals surface area contributed by atoms with Crippen molar-refractivity contribution in [3.05, 3.63) is 64.7 Å². The van der Waals surface area contributed by atoms with Gasteiger partial charge in [-0.3, -0.25) is 9.69 Å². The molecule has 0 bridgehead atoms. The molecule has 6 nitrogen and oxygen atoms in total. The lowest BCUT2D eigenvalue weighted by Crippen LogP contribution is -2.44. The standard InChI is InChI=1S/C25H30ClN5OS/c1-3-31-24(22-7-5-4-6-18(22)2)28-29-25(31)33-17-23(32)27-21-12-14-30(15-13-21)16-19-8-10-20(26)11-9-19/h4-11,21H,3,12-17H2,1-2H3,(H,27,32). The minimum Gasteiger partial charge on any atom is -0.353 e. The topological polar surface area (TPSA) is 63.1 Å². The van der Waals surface area contributed by atoms with Gasteiger partial charge in [0.1, 0.15) is 0 Å². The second-order valence-corrected chi connectivity index (χ2v) is 9.78. The molecule has 1 amide bonds. The summed E-state index contributed by atoms with van der Waals surface area (Å²) in [5.74, 6) is 1.25. The van der Waals surface area contributed by atoms with Crippen LogP contribution in [0.5, 0.6) is 0 Å². The van der Waals surface area contributed by atoms with Crippen LogP contribution >= 0.6 is 23.4 Å². The van der Waals surface area contributed by atoms with Gasteiger partial charge in [0, 0.05) is 42.8 Å². The summed E-state index contributed by atoms with van der Waals surface area (Å²) in [7, 11) is 0. The fraction of sp³-hybridized carbons (Fsp3) is 0.400. The molecule has 3 aromatic rings. The lowest BCUT2D eigenvalue weighted by molar-refractivity contribution is -0.119. The number of benzene rings is 2. The summed E-state index contributed by atoms with van der Waals surface area (Å²) in [4.78, 5) is 15.0. The fourth-order valence-corrected chi connectivity index (χ4v) is 5.13. The Kier molecular flexibility index (Phi) is 8.06. The minimum atomic E-state index is 0.0549. The van der Waals surface area contributed by atoms with Crippen LogP contribution in [0.4, 0.5) is 0 Å². The molecular formula is C25H30ClN5OS. The van der Waals surface area contributed by atoms with Crippen LogP contribution in [0.25, 0.3) is 11.4 Å². The van der Waals surface area contributed by atoms with E-state index in [0.717, 1.165) is 66.2 Å². The summed E-state index contributed by atoms with van der Waals surface area (Å²) in [5.41, 5.74) is 3.51. The van der Waals surface area contributed by atoms with Gasteiger partial charge in [0.05, 0.1) is 5.75 Å². The number of aryl methyl sites for hydroxylation is 1. The Morgan fingerprint density at radius 1 is 1.12 bits per heavy atom. The first-order chi connectivity index (χ1) is 16.0. The summed E-state index contributed by atoms with van der Waals surface area (Å²) in [6, 6.07) is 16.4. The van der Waals surface area contributed by atoms with Gasteiger partial charge in [0.15, 0.2) is 11.0 Å². The molecule has 0 radical (unpaired) electrons. The van der Waals surface area contributed by atoms with Crippen LogP contribution < -0.4 is 5.32 Å². The number of hydrogen-bond donors (Lipinski definition) is 1. The Balaban J connectivity index is 1.26. The molecule has 0 spiro atoms. The number of likely N-dealkylation sites (tertiary alicyclic amines) is 1. The number of nitrogens with one attached hydrogen (secondary N) is 1. The summed E-state index contributed by atoms with van der Waals surface area (Å²) in [5, 5.41) is 13.5. The van der Waals surface area contributed by atoms with Crippen LogP contribution in [0.3, 0.4) is 0 Å². The van der Waals surface area contributed by atoms with Crippen molar-refractivity contribution in [3.63, 3.8) is 0 Å². The van der Waals surface area contributed by atoms with Crippen molar-refractivity contribution < 1.29 is 4.79 Å². The molecule has 4 rings (SSSR count). The van der Waals surface area contributed by atoms with E-state index in [1.165, 1.54) is 17.3 Å². The van der Waals surface area contributed by atoms with Crippen molar-refractivity contribution in [1.82, 2.24) is 25.0 Å². The Morgan fingerprint density at radius 2 is 1.85 bits per heavy atom. The third-order valence-electron chi connectivity index (χ3n) is 6.02. The summed E-state index contributed by atoms with van der Waals surface area (Å²) in [6.45, 7) is 7.78. The summed E-state index contributed by atoms with van der Waals surface area (Å²) >= 11 is 7.42. The van der Waals surface area contributed by atoms with Gasteiger partial charge in [-0.05, 0) is 49.9 Å². The van der Waals surface area contributed by atoms with Gasteiger partial charge < -0.3 is 9.88 Å². The highest BCUT2D eigenvalue weighted by Crippen LogP contribution is 2.26. The lowest BCUT2D eigenvalue weighted by Gasteiger charge is -2.32. The number of halogens is 1. The average Bonchev–Trinajstić information content (AvgIpc) is 3.23. The van der Waals surface area contributed by atoms with Gasteiger partial charge in [-0.1, -0.05) is 59.8 Å². The molecule has 0 aliphatic carbocycles. The van der Waals surface area contributed by atoms with Crippen LogP contribution in [0.1, 0.15) is 30.9 Å². The van der Waals surface area contributed by atoms with Crippen LogP contribution in [0.15, 0.2) is 53.7 Å². The zero-order chi connectivity index (χ0) is 23.2. The Morgan fingerprint density at radius 3 is 2.55 bits per heavy atom. The number of carbonyl (C=O) groups is 1. The molecular weight excluding hydrogens is 454 g/mol. The second kappa shape index (κ2) is 11.2. The van der Waals surface area contributed by atoms with Crippen molar-refractivity contribution in [3.8, 4) is 11.4 Å². The first-order valence-corrected chi connectivity index (χ1v) is 12.8. The number of carbonyl (C=O) groups excluding carboxylic acids is 1. The molecule has 0 atom stereocenters. The molecule has 1 saturated heterocycles. The number of thioether (sulfide) groups is 1. The van der Waals surface area contributed by atoms with E-state index in [1.54, 1.807) is 0 Å². The van der Waals surface area contributed by atoms with Gasteiger partial charge in [0.25, 0.3) is 0 Å². The molecule has 1 fully saturated rings. The SMILES string of the molecule is CCn1c(SCC(=O)NC2CCN(Cc3ccc(Cl)cc3)CC2)nnc1-c1ccccc1C. The number of rotatable bonds is 8. The summed E-state index contributed by atoms with van der Waals surface area (Å²) < 4.78 is 2.08. The van der Waals surface area contributed by atoms with Crippen molar-refractivity contribution in [2.45, 2.75) is 51.0 Å². The van der Waals surface area contributed by atoms with Crippen LogP contribution in [-0.4, -0.2) is 50.5 Å². The fourth-order valence-electron chi connectivity index (χ4n) is 4.19. The molecule has 0 saturated carbocycles. The van der Waals surface area contributed by atoms with Gasteiger partial charge >= 0.3 is 0 Å². The van der Waals surface area contributed by atoms with E-state index in [0.29, 0.717) is 5.75 Å². The Bertz CT molecular complexity index is 1080. The van der Waals surface area contributed by atoms with Crippen LogP contribution in [0.2, 0.25) is 5.02 Å². The van der Waals surface area contributed by atoms with Gasteiger partial charge in [0.2, 0.25) is 5.91 Å². The monoisotopic (exact) mass is 483 g/mol. The maximum atomic E-state index is 12.6. The highest BCUT2D eigenvalue weighted by Gasteiger charge is 2.21. The highest BCUT2D eigenvalue weighted by atomic mass is 35.5. The first kappa shape index (κ1) is 23.8. The van der Waals surface area contributed by atoms with Gasteiger partial charge in [-0.15, -0.1) is 10.2 Å². The smallest absolute Gasteiger partial charge is 0.230 e. The van der Waals surface area contributed by atoms with Crippen LogP contribution in [-0.2, 0) is 17.9 Å². The molecule has 1 aliphatic heterocycles. The Labute approximate surface area is 204 Å². The lowest BCUT2D eigenvalue weighted by atomic mass is 10.0. The zero-order valence-corrected chi connectivity index (χ0v) is 20.7. The van der Waals surface area contributed by atoms with Crippen molar-refractivity contribution in [1.29, 1.82) is 0 Å². The third kappa shape index (κ3) is 6.16. The average molecular weight is 484 g/mol. The largest absolute Gasteiger partial charge is 0.353 e. The van der Waals surface area contributed by atoms with E-state index in [1.807, 2.05) is 24.3 Å². The molecule has 0 unspecified atom stereocenters. The minimum absolute atomic E-state index is 0.0549. The van der Waals surface area contributed by atoms with Gasteiger partial charge in [-0.2, -0.15) is 0 Å². The molecule has 2 heterocycles. The molecule has 33 heavy (non-hydrogen) atoms. The van der Waals surface area contributed by atoms with Crippen molar-refractivity contribution in [2.75, 3.05) is 18.8 Å². The Hall–Kier alpha value is -2.35. The molecule has 174 valence electrons. The summed E-state index contributed by atoms with van der Waals surface area (Å²) in [6.07, 6.45) is 1.93. The van der Waals surface area contributed by atoms with E-state index >= 15 is 0 Å². The maximum Gasteiger partial charge on any atom is 0.230 e. The molecule has 8 heteroatoms. The van der Waals surface area contributed by atoms with Crippen molar-refractivity contribution >= 4 is 29.3 Å². The molecule has 1 N–H and O–H groups in total. The first-order valence-electron chi connectivity index (χ1n) is 11.4. The third-order valence-corrected chi connectivity index (χ3v) is 7.24. The number of aromatic nitrogens is 3. The number of piperidine rings is 1. The molecule has 1 aliphatic rings. The normalized spacial score (nSPS) is 15.0. The highest BCUT2D eigenvalue weighted by molar-refractivity contribution is 7.99. The molecule has 2 aromatic carbocycles. The number of nitrogens with zero attached hydrogens (tertiary/aromatic N) is 4. The van der Waals surface area contributed by atoms with E-state index in [-0.39, 0.29) is 11.9 Å². The number of amides is 1. The second-order valence-electron chi connectivity index (χ2n) is 8.40. The van der Waals surface area contributed by atoms with E-state index in [4.69, 9.17) is 11.6 Å². The number of hydrogen-bond acceptors (Lipinski definition) is 5. The quantitative estimate of drug-likeness (QED) is 0.466. The predicted octanol–water partition coefficient (Wildman–Crippen LogP) is 4.80.